The highest BCUT2D eigenvalue weighted by Gasteiger charge is 2.31. The summed E-state index contributed by atoms with van der Waals surface area (Å²) in [6.45, 7) is 2.88. The van der Waals surface area contributed by atoms with Crippen molar-refractivity contribution < 1.29 is 12.8 Å². The fourth-order valence-electron chi connectivity index (χ4n) is 2.11. The average Bonchev–Trinajstić information content (AvgIpc) is 2.75. The summed E-state index contributed by atoms with van der Waals surface area (Å²) in [6.07, 6.45) is 3.27. The van der Waals surface area contributed by atoms with E-state index in [0.717, 1.165) is 12.6 Å². The third-order valence-corrected chi connectivity index (χ3v) is 5.51. The number of hydrogen-bond acceptors (Lipinski definition) is 6. The zero-order valence-corrected chi connectivity index (χ0v) is 12.2. The Balaban J connectivity index is 2.01. The first-order valence-corrected chi connectivity index (χ1v) is 8.46. The van der Waals surface area contributed by atoms with Crippen molar-refractivity contribution in [2.24, 2.45) is 0 Å². The molecule has 1 unspecified atom stereocenters. The van der Waals surface area contributed by atoms with E-state index in [1.807, 2.05) is 6.92 Å². The first kappa shape index (κ1) is 15.0. The highest BCUT2D eigenvalue weighted by atomic mass is 32.2. The number of anilines is 2. The van der Waals surface area contributed by atoms with Gasteiger partial charge in [-0.05, 0) is 19.3 Å². The van der Waals surface area contributed by atoms with E-state index in [-0.39, 0.29) is 18.1 Å². The average molecular weight is 302 g/mol. The van der Waals surface area contributed by atoms with E-state index in [9.17, 15) is 12.8 Å². The van der Waals surface area contributed by atoms with E-state index in [4.69, 9.17) is 0 Å². The van der Waals surface area contributed by atoms with Gasteiger partial charge in [0.1, 0.15) is 0 Å². The SMILES string of the molecule is CCCNc1ncc(F)c(NCC2CCCS2(=O)=O)n1. The maximum atomic E-state index is 13.6. The first-order valence-electron chi connectivity index (χ1n) is 6.75. The first-order chi connectivity index (χ1) is 9.53. The summed E-state index contributed by atoms with van der Waals surface area (Å²) < 4.78 is 37.0. The third kappa shape index (κ3) is 3.56. The van der Waals surface area contributed by atoms with Crippen LogP contribution >= 0.6 is 0 Å². The van der Waals surface area contributed by atoms with E-state index in [2.05, 4.69) is 20.6 Å². The Morgan fingerprint density at radius 3 is 2.90 bits per heavy atom. The quantitative estimate of drug-likeness (QED) is 0.827. The van der Waals surface area contributed by atoms with Crippen LogP contribution in [-0.2, 0) is 9.84 Å². The molecule has 1 aliphatic rings. The molecule has 112 valence electrons. The van der Waals surface area contributed by atoms with Crippen LogP contribution in [-0.4, -0.2) is 42.5 Å². The molecule has 1 saturated heterocycles. The number of sulfone groups is 1. The predicted molar refractivity (Wildman–Crippen MR) is 76.1 cm³/mol. The number of halogens is 1. The van der Waals surface area contributed by atoms with Crippen LogP contribution in [0, 0.1) is 5.82 Å². The molecule has 0 spiro atoms. The van der Waals surface area contributed by atoms with E-state index < -0.39 is 20.9 Å². The second-order valence-electron chi connectivity index (χ2n) is 4.83. The summed E-state index contributed by atoms with van der Waals surface area (Å²) in [5.41, 5.74) is 0. The van der Waals surface area contributed by atoms with Crippen molar-refractivity contribution >= 4 is 21.6 Å². The summed E-state index contributed by atoms with van der Waals surface area (Å²) in [6, 6.07) is 0. The second-order valence-corrected chi connectivity index (χ2v) is 7.23. The van der Waals surface area contributed by atoms with Crippen molar-refractivity contribution in [1.29, 1.82) is 0 Å². The van der Waals surface area contributed by atoms with Gasteiger partial charge in [0, 0.05) is 13.1 Å². The van der Waals surface area contributed by atoms with E-state index in [1.165, 1.54) is 0 Å². The predicted octanol–water partition coefficient (Wildman–Crippen LogP) is 1.43. The zero-order valence-electron chi connectivity index (χ0n) is 11.4. The van der Waals surface area contributed by atoms with Crippen molar-refractivity contribution in [2.75, 3.05) is 29.5 Å². The molecule has 0 bridgehead atoms. The molecule has 1 aliphatic heterocycles. The Kier molecular flexibility index (Phi) is 4.74. The number of nitrogens with one attached hydrogen (secondary N) is 2. The van der Waals surface area contributed by atoms with E-state index in [0.29, 0.717) is 25.3 Å². The number of aromatic nitrogens is 2. The van der Waals surface area contributed by atoms with E-state index in [1.54, 1.807) is 0 Å². The lowest BCUT2D eigenvalue weighted by molar-refractivity contribution is 0.589. The van der Waals surface area contributed by atoms with Crippen LogP contribution in [0.3, 0.4) is 0 Å². The minimum Gasteiger partial charge on any atom is -0.366 e. The largest absolute Gasteiger partial charge is 0.366 e. The maximum Gasteiger partial charge on any atom is 0.224 e. The van der Waals surface area contributed by atoms with Gasteiger partial charge in [-0.1, -0.05) is 6.92 Å². The van der Waals surface area contributed by atoms with Gasteiger partial charge in [-0.3, -0.25) is 0 Å². The molecule has 8 heteroatoms. The molecule has 0 radical (unpaired) electrons. The minimum atomic E-state index is -3.04. The van der Waals surface area contributed by atoms with Crippen LogP contribution in [0.15, 0.2) is 6.20 Å². The lowest BCUT2D eigenvalue weighted by Gasteiger charge is -2.12. The van der Waals surface area contributed by atoms with Crippen molar-refractivity contribution in [1.82, 2.24) is 9.97 Å². The molecule has 20 heavy (non-hydrogen) atoms. The van der Waals surface area contributed by atoms with Crippen LogP contribution in [0.1, 0.15) is 26.2 Å². The Labute approximate surface area is 118 Å². The van der Waals surface area contributed by atoms with Gasteiger partial charge >= 0.3 is 0 Å². The molecule has 6 nitrogen and oxygen atoms in total. The van der Waals surface area contributed by atoms with Gasteiger partial charge in [0.05, 0.1) is 17.2 Å². The maximum absolute atomic E-state index is 13.6. The van der Waals surface area contributed by atoms with Gasteiger partial charge in [-0.15, -0.1) is 0 Å². The molecule has 2 rings (SSSR count). The monoisotopic (exact) mass is 302 g/mol. The molecule has 1 aromatic heterocycles. The molecule has 2 heterocycles. The molecule has 0 aromatic carbocycles. The summed E-state index contributed by atoms with van der Waals surface area (Å²) in [5, 5.41) is 5.29. The topological polar surface area (TPSA) is 84.0 Å². The molecule has 2 N–H and O–H groups in total. The van der Waals surface area contributed by atoms with Crippen LogP contribution < -0.4 is 10.6 Å². The van der Waals surface area contributed by atoms with Gasteiger partial charge < -0.3 is 10.6 Å². The van der Waals surface area contributed by atoms with Crippen molar-refractivity contribution in [3.63, 3.8) is 0 Å². The van der Waals surface area contributed by atoms with Crippen LogP contribution in [0.4, 0.5) is 16.2 Å². The summed E-state index contributed by atoms with van der Waals surface area (Å²) >= 11 is 0. The number of rotatable bonds is 6. The van der Waals surface area contributed by atoms with Gasteiger partial charge in [0.25, 0.3) is 0 Å². The molecule has 1 fully saturated rings. The van der Waals surface area contributed by atoms with E-state index >= 15 is 0 Å². The van der Waals surface area contributed by atoms with Gasteiger partial charge in [-0.2, -0.15) is 4.98 Å². The Bertz CT molecular complexity index is 565. The molecule has 0 aliphatic carbocycles. The van der Waals surface area contributed by atoms with Crippen LogP contribution in [0.25, 0.3) is 0 Å². The molecular formula is C12H19FN4O2S. The number of nitrogens with zero attached hydrogens (tertiary/aromatic N) is 2. The number of hydrogen-bond donors (Lipinski definition) is 2. The Hall–Kier alpha value is -1.44. The van der Waals surface area contributed by atoms with Gasteiger partial charge in [0.15, 0.2) is 21.5 Å². The third-order valence-electron chi connectivity index (χ3n) is 3.24. The zero-order chi connectivity index (χ0) is 14.6. The van der Waals surface area contributed by atoms with Crippen LogP contribution in [0.2, 0.25) is 0 Å². The Morgan fingerprint density at radius 1 is 1.45 bits per heavy atom. The molecule has 0 saturated carbocycles. The lowest BCUT2D eigenvalue weighted by Crippen LogP contribution is -2.26. The van der Waals surface area contributed by atoms with Gasteiger partial charge in [-0.25, -0.2) is 17.8 Å². The van der Waals surface area contributed by atoms with Crippen molar-refractivity contribution in [3.8, 4) is 0 Å². The minimum absolute atomic E-state index is 0.0423. The fourth-order valence-corrected chi connectivity index (χ4v) is 3.88. The Morgan fingerprint density at radius 2 is 2.25 bits per heavy atom. The van der Waals surface area contributed by atoms with Gasteiger partial charge in [0.2, 0.25) is 5.95 Å². The van der Waals surface area contributed by atoms with Crippen LogP contribution in [0.5, 0.6) is 0 Å². The summed E-state index contributed by atoms with van der Waals surface area (Å²) in [4.78, 5) is 7.84. The molecule has 1 atom stereocenters. The smallest absolute Gasteiger partial charge is 0.224 e. The van der Waals surface area contributed by atoms with Crippen molar-refractivity contribution in [2.45, 2.75) is 31.4 Å². The highest BCUT2D eigenvalue weighted by molar-refractivity contribution is 7.92. The van der Waals surface area contributed by atoms with Crippen molar-refractivity contribution in [3.05, 3.63) is 12.0 Å². The second kappa shape index (κ2) is 6.34. The highest BCUT2D eigenvalue weighted by Crippen LogP contribution is 2.21. The molecule has 0 amide bonds. The standard InChI is InChI=1S/C12H19FN4O2S/c1-2-5-14-12-16-8-10(13)11(17-12)15-7-9-4-3-6-20(9,18)19/h8-9H,2-7H2,1H3,(H2,14,15,16,17). The normalized spacial score (nSPS) is 20.8. The summed E-state index contributed by atoms with van der Waals surface area (Å²) in [5.74, 6) is 0.0164. The molecule has 1 aromatic rings. The lowest BCUT2D eigenvalue weighted by atomic mass is 10.2. The fraction of sp³-hybridized carbons (Fsp3) is 0.667. The summed E-state index contributed by atoms with van der Waals surface area (Å²) in [7, 11) is -3.04. The molecular weight excluding hydrogens is 283 g/mol.